The van der Waals surface area contributed by atoms with Crippen LogP contribution in [-0.4, -0.2) is 30.9 Å². The molecule has 2 atom stereocenters. The minimum absolute atomic E-state index is 0.186. The van der Waals surface area contributed by atoms with E-state index in [9.17, 15) is 4.79 Å². The van der Waals surface area contributed by atoms with Crippen LogP contribution in [0.4, 0.5) is 0 Å². The predicted octanol–water partition coefficient (Wildman–Crippen LogP) is 0.808. The maximum atomic E-state index is 11.3. The molecule has 15 heavy (non-hydrogen) atoms. The summed E-state index contributed by atoms with van der Waals surface area (Å²) in [5.74, 6) is 0.189. The molecule has 84 valence electrons. The highest BCUT2D eigenvalue weighted by Crippen LogP contribution is 2.44. The number of piperidine rings is 1. The molecule has 0 aromatic heterocycles. The Morgan fingerprint density at radius 3 is 2.87 bits per heavy atom. The lowest BCUT2D eigenvalue weighted by Gasteiger charge is -2.46. The lowest BCUT2D eigenvalue weighted by molar-refractivity contribution is -0.223. The van der Waals surface area contributed by atoms with E-state index in [1.165, 1.54) is 0 Å². The molecule has 1 amide bonds. The molecule has 0 aromatic carbocycles. The molecule has 2 saturated heterocycles. The molecule has 1 spiro atoms. The van der Waals surface area contributed by atoms with Gasteiger partial charge in [0, 0.05) is 24.8 Å². The van der Waals surface area contributed by atoms with Gasteiger partial charge in [-0.25, -0.2) is 0 Å². The number of ether oxygens (including phenoxy) is 2. The summed E-state index contributed by atoms with van der Waals surface area (Å²) in [5, 5.41) is 3.07. The molecule has 3 fully saturated rings. The van der Waals surface area contributed by atoms with E-state index in [1.807, 2.05) is 0 Å². The lowest BCUT2D eigenvalue weighted by Crippen LogP contribution is -2.57. The predicted molar refractivity (Wildman–Crippen MR) is 53.1 cm³/mol. The van der Waals surface area contributed by atoms with Gasteiger partial charge in [-0.1, -0.05) is 0 Å². The van der Waals surface area contributed by atoms with Crippen molar-refractivity contribution in [2.24, 2.45) is 5.92 Å². The van der Waals surface area contributed by atoms with E-state index < -0.39 is 0 Å². The Bertz CT molecular complexity index is 273. The number of nitrogens with one attached hydrogen (secondary N) is 1. The minimum atomic E-state index is -0.364. The molecule has 2 unspecified atom stereocenters. The highest BCUT2D eigenvalue weighted by atomic mass is 16.7. The molecular weight excluding hydrogens is 194 g/mol. The molecule has 2 aliphatic heterocycles. The Labute approximate surface area is 89.3 Å². The summed E-state index contributed by atoms with van der Waals surface area (Å²) in [6, 6.07) is 0.276. The molecule has 0 bridgehead atoms. The van der Waals surface area contributed by atoms with Gasteiger partial charge >= 0.3 is 0 Å². The molecule has 3 aliphatic rings. The van der Waals surface area contributed by atoms with Gasteiger partial charge in [-0.15, -0.1) is 0 Å². The fourth-order valence-electron chi connectivity index (χ4n) is 3.25. The zero-order chi connectivity index (χ0) is 10.3. The van der Waals surface area contributed by atoms with Crippen molar-refractivity contribution in [2.45, 2.75) is 43.9 Å². The summed E-state index contributed by atoms with van der Waals surface area (Å²) in [4.78, 5) is 11.3. The SMILES string of the molecule is O=C1CCC2C(CCCC23OCCO3)N1. The van der Waals surface area contributed by atoms with Crippen LogP contribution < -0.4 is 5.32 Å². The van der Waals surface area contributed by atoms with Crippen molar-refractivity contribution in [1.29, 1.82) is 0 Å². The average molecular weight is 211 g/mol. The van der Waals surface area contributed by atoms with Crippen molar-refractivity contribution in [3.05, 3.63) is 0 Å². The first kappa shape index (κ1) is 9.60. The molecule has 0 aromatic rings. The third-order valence-electron chi connectivity index (χ3n) is 3.90. The summed E-state index contributed by atoms with van der Waals surface area (Å²) in [6.07, 6.45) is 4.68. The summed E-state index contributed by atoms with van der Waals surface area (Å²) in [6.45, 7) is 1.41. The topological polar surface area (TPSA) is 47.6 Å². The van der Waals surface area contributed by atoms with Gasteiger partial charge in [-0.3, -0.25) is 4.79 Å². The monoisotopic (exact) mass is 211 g/mol. The van der Waals surface area contributed by atoms with Crippen LogP contribution in [-0.2, 0) is 14.3 Å². The number of carbonyl (C=O) groups is 1. The Morgan fingerprint density at radius 1 is 1.27 bits per heavy atom. The molecule has 4 nitrogen and oxygen atoms in total. The number of fused-ring (bicyclic) bond motifs is 2. The first-order valence-corrected chi connectivity index (χ1v) is 5.87. The molecule has 1 N–H and O–H groups in total. The standard InChI is InChI=1S/C11H17NO3/c13-10-4-3-8-9(12-10)2-1-5-11(8)14-6-7-15-11/h8-9H,1-7H2,(H,12,13). The van der Waals surface area contributed by atoms with E-state index in [0.717, 1.165) is 25.7 Å². The second kappa shape index (κ2) is 3.46. The quantitative estimate of drug-likeness (QED) is 0.645. The first-order chi connectivity index (χ1) is 7.30. The van der Waals surface area contributed by atoms with Gasteiger partial charge in [0.1, 0.15) is 0 Å². The van der Waals surface area contributed by atoms with Crippen LogP contribution in [0.15, 0.2) is 0 Å². The van der Waals surface area contributed by atoms with Crippen molar-refractivity contribution < 1.29 is 14.3 Å². The van der Waals surface area contributed by atoms with Gasteiger partial charge in [0.15, 0.2) is 5.79 Å². The van der Waals surface area contributed by atoms with Crippen molar-refractivity contribution in [3.8, 4) is 0 Å². The van der Waals surface area contributed by atoms with Crippen LogP contribution in [0.25, 0.3) is 0 Å². The van der Waals surface area contributed by atoms with Gasteiger partial charge in [0.25, 0.3) is 0 Å². The molecule has 4 heteroatoms. The second-order valence-corrected chi connectivity index (χ2v) is 4.72. The maximum absolute atomic E-state index is 11.3. The molecule has 2 heterocycles. The van der Waals surface area contributed by atoms with E-state index in [-0.39, 0.29) is 17.7 Å². The van der Waals surface area contributed by atoms with E-state index in [1.54, 1.807) is 0 Å². The zero-order valence-corrected chi connectivity index (χ0v) is 8.83. The number of hydrogen-bond donors (Lipinski definition) is 1. The van der Waals surface area contributed by atoms with Crippen LogP contribution in [0.3, 0.4) is 0 Å². The zero-order valence-electron chi connectivity index (χ0n) is 8.83. The van der Waals surface area contributed by atoms with Crippen molar-refractivity contribution >= 4 is 5.91 Å². The highest BCUT2D eigenvalue weighted by molar-refractivity contribution is 5.77. The van der Waals surface area contributed by atoms with Crippen molar-refractivity contribution in [2.75, 3.05) is 13.2 Å². The number of carbonyl (C=O) groups excluding carboxylic acids is 1. The van der Waals surface area contributed by atoms with Gasteiger partial charge in [0.05, 0.1) is 13.2 Å². The largest absolute Gasteiger partial charge is 0.353 e. The van der Waals surface area contributed by atoms with E-state index >= 15 is 0 Å². The summed E-state index contributed by atoms with van der Waals surface area (Å²) >= 11 is 0. The van der Waals surface area contributed by atoms with Gasteiger partial charge in [0.2, 0.25) is 5.91 Å². The smallest absolute Gasteiger partial charge is 0.220 e. The number of hydrogen-bond acceptors (Lipinski definition) is 3. The number of rotatable bonds is 0. The molecule has 1 aliphatic carbocycles. The third kappa shape index (κ3) is 1.47. The van der Waals surface area contributed by atoms with E-state index in [2.05, 4.69) is 5.32 Å². The van der Waals surface area contributed by atoms with Gasteiger partial charge in [-0.05, 0) is 19.3 Å². The highest BCUT2D eigenvalue weighted by Gasteiger charge is 2.51. The Balaban J connectivity index is 1.82. The van der Waals surface area contributed by atoms with Gasteiger partial charge < -0.3 is 14.8 Å². The molecule has 1 saturated carbocycles. The minimum Gasteiger partial charge on any atom is -0.353 e. The van der Waals surface area contributed by atoms with Crippen molar-refractivity contribution in [1.82, 2.24) is 5.32 Å². The van der Waals surface area contributed by atoms with E-state index in [0.29, 0.717) is 25.6 Å². The van der Waals surface area contributed by atoms with Gasteiger partial charge in [-0.2, -0.15) is 0 Å². The summed E-state index contributed by atoms with van der Waals surface area (Å²) < 4.78 is 11.6. The Morgan fingerprint density at radius 2 is 2.07 bits per heavy atom. The van der Waals surface area contributed by atoms with Crippen LogP contribution in [0, 0.1) is 5.92 Å². The third-order valence-corrected chi connectivity index (χ3v) is 3.90. The summed E-state index contributed by atoms with van der Waals surface area (Å²) in [7, 11) is 0. The summed E-state index contributed by atoms with van der Waals surface area (Å²) in [5.41, 5.74) is 0. The molecular formula is C11H17NO3. The van der Waals surface area contributed by atoms with Crippen LogP contribution in [0.1, 0.15) is 32.1 Å². The van der Waals surface area contributed by atoms with Crippen molar-refractivity contribution in [3.63, 3.8) is 0 Å². The van der Waals surface area contributed by atoms with E-state index in [4.69, 9.17) is 9.47 Å². The normalized spacial score (nSPS) is 38.8. The van der Waals surface area contributed by atoms with Crippen LogP contribution in [0.5, 0.6) is 0 Å². The van der Waals surface area contributed by atoms with Crippen LogP contribution in [0.2, 0.25) is 0 Å². The molecule has 3 rings (SSSR count). The molecule has 0 radical (unpaired) electrons. The second-order valence-electron chi connectivity index (χ2n) is 4.72. The maximum Gasteiger partial charge on any atom is 0.220 e. The fraction of sp³-hybridized carbons (Fsp3) is 0.909. The Kier molecular flexibility index (Phi) is 2.21. The van der Waals surface area contributed by atoms with Crippen LogP contribution >= 0.6 is 0 Å². The lowest BCUT2D eigenvalue weighted by atomic mass is 9.75. The fourth-order valence-corrected chi connectivity index (χ4v) is 3.25. The average Bonchev–Trinajstić information content (AvgIpc) is 2.67. The Hall–Kier alpha value is -0.610. The number of amides is 1. The first-order valence-electron chi connectivity index (χ1n) is 5.87.